The number of nitrogens with one attached hydrogen (secondary N) is 1. The van der Waals surface area contributed by atoms with Crippen molar-refractivity contribution in [2.45, 2.75) is 12.2 Å². The molecule has 2 aliphatic heterocycles. The average Bonchev–Trinajstić information content (AvgIpc) is 2.84. The summed E-state index contributed by atoms with van der Waals surface area (Å²) in [6.07, 6.45) is 4.14. The molecule has 0 radical (unpaired) electrons. The summed E-state index contributed by atoms with van der Waals surface area (Å²) in [5.41, 5.74) is 0. The van der Waals surface area contributed by atoms with Gasteiger partial charge in [0.25, 0.3) is 0 Å². The summed E-state index contributed by atoms with van der Waals surface area (Å²) >= 11 is 0. The standard InChI is InChI=1S/C11H13NO4/c1-2-5-12-10(13)8-6-3-4-7(16-6)9(8)11(14)15/h2-4,6-9H,1,5H2,(H,12,13)(H,14,15)/t6-,7+,8-,9+/m1/s1. The van der Waals surface area contributed by atoms with Crippen LogP contribution >= 0.6 is 0 Å². The van der Waals surface area contributed by atoms with Crippen molar-refractivity contribution in [3.8, 4) is 0 Å². The third kappa shape index (κ3) is 1.63. The number of aliphatic carboxylic acids is 1. The van der Waals surface area contributed by atoms with Gasteiger partial charge in [-0.05, 0) is 0 Å². The molecular formula is C11H13NO4. The summed E-state index contributed by atoms with van der Waals surface area (Å²) in [6, 6.07) is 0. The topological polar surface area (TPSA) is 75.6 Å². The number of carbonyl (C=O) groups is 2. The molecule has 2 aliphatic rings. The summed E-state index contributed by atoms with van der Waals surface area (Å²) in [5.74, 6) is -2.69. The first-order chi connectivity index (χ1) is 7.65. The molecule has 2 rings (SSSR count). The van der Waals surface area contributed by atoms with Crippen molar-refractivity contribution in [1.29, 1.82) is 0 Å². The SMILES string of the molecule is C=CCNC(=O)[C@H]1[C@@H](C(=O)O)[C@@H]2C=C[C@H]1O2. The van der Waals surface area contributed by atoms with Crippen LogP contribution in [0.4, 0.5) is 0 Å². The lowest BCUT2D eigenvalue weighted by Gasteiger charge is -2.20. The van der Waals surface area contributed by atoms with Crippen molar-refractivity contribution >= 4 is 11.9 Å². The Bertz CT molecular complexity index is 363. The quantitative estimate of drug-likeness (QED) is 0.655. The van der Waals surface area contributed by atoms with E-state index in [9.17, 15) is 9.59 Å². The van der Waals surface area contributed by atoms with E-state index in [1.807, 2.05) is 0 Å². The van der Waals surface area contributed by atoms with Gasteiger partial charge in [-0.1, -0.05) is 18.2 Å². The summed E-state index contributed by atoms with van der Waals surface area (Å²) < 4.78 is 5.38. The Labute approximate surface area is 92.8 Å². The number of carbonyl (C=O) groups excluding carboxylic acids is 1. The van der Waals surface area contributed by atoms with E-state index in [-0.39, 0.29) is 5.91 Å². The second-order valence-electron chi connectivity index (χ2n) is 3.87. The lowest BCUT2D eigenvalue weighted by Crippen LogP contribution is -2.42. The van der Waals surface area contributed by atoms with Crippen LogP contribution in [0, 0.1) is 11.8 Å². The molecule has 0 unspecified atom stereocenters. The molecule has 1 amide bonds. The lowest BCUT2D eigenvalue weighted by atomic mass is 9.82. The average molecular weight is 223 g/mol. The van der Waals surface area contributed by atoms with Crippen LogP contribution in [0.15, 0.2) is 24.8 Å². The molecule has 2 heterocycles. The maximum Gasteiger partial charge on any atom is 0.310 e. The van der Waals surface area contributed by atoms with Gasteiger partial charge in [0.2, 0.25) is 5.91 Å². The van der Waals surface area contributed by atoms with Crippen LogP contribution in [0.25, 0.3) is 0 Å². The van der Waals surface area contributed by atoms with Crippen molar-refractivity contribution in [3.05, 3.63) is 24.8 Å². The first kappa shape index (κ1) is 10.9. The Morgan fingerprint density at radius 1 is 1.38 bits per heavy atom. The number of carboxylic acid groups (broad SMARTS) is 1. The Balaban J connectivity index is 2.13. The number of carboxylic acids is 1. The van der Waals surface area contributed by atoms with Gasteiger partial charge in [0.1, 0.15) is 5.92 Å². The van der Waals surface area contributed by atoms with Crippen molar-refractivity contribution in [2.24, 2.45) is 11.8 Å². The number of amides is 1. The van der Waals surface area contributed by atoms with E-state index in [1.165, 1.54) is 0 Å². The third-order valence-corrected chi connectivity index (χ3v) is 2.91. The monoisotopic (exact) mass is 223 g/mol. The maximum atomic E-state index is 11.8. The van der Waals surface area contributed by atoms with Gasteiger partial charge in [-0.25, -0.2) is 0 Å². The molecule has 0 aromatic heterocycles. The van der Waals surface area contributed by atoms with Crippen LogP contribution < -0.4 is 5.32 Å². The molecule has 2 bridgehead atoms. The second-order valence-corrected chi connectivity index (χ2v) is 3.87. The highest BCUT2D eigenvalue weighted by molar-refractivity contribution is 5.87. The van der Waals surface area contributed by atoms with E-state index in [0.29, 0.717) is 6.54 Å². The first-order valence-electron chi connectivity index (χ1n) is 5.10. The molecule has 0 aromatic rings. The molecule has 0 saturated carbocycles. The molecule has 0 aliphatic carbocycles. The van der Waals surface area contributed by atoms with Gasteiger partial charge in [0.15, 0.2) is 0 Å². The van der Waals surface area contributed by atoms with E-state index in [2.05, 4.69) is 11.9 Å². The Kier molecular flexibility index (Phi) is 2.78. The Morgan fingerprint density at radius 2 is 2.00 bits per heavy atom. The predicted octanol–water partition coefficient (Wildman–Crippen LogP) is -0.0572. The molecule has 0 aromatic carbocycles. The largest absolute Gasteiger partial charge is 0.481 e. The summed E-state index contributed by atoms with van der Waals surface area (Å²) in [6.45, 7) is 3.82. The second kappa shape index (κ2) is 4.09. The van der Waals surface area contributed by atoms with E-state index in [1.54, 1.807) is 18.2 Å². The fourth-order valence-electron chi connectivity index (χ4n) is 2.21. The Morgan fingerprint density at radius 3 is 2.56 bits per heavy atom. The van der Waals surface area contributed by atoms with Crippen molar-refractivity contribution in [1.82, 2.24) is 5.32 Å². The molecule has 4 atom stereocenters. The maximum absolute atomic E-state index is 11.8. The van der Waals surface area contributed by atoms with Crippen molar-refractivity contribution in [3.63, 3.8) is 0 Å². The minimum absolute atomic E-state index is 0.288. The molecular weight excluding hydrogens is 210 g/mol. The number of fused-ring (bicyclic) bond motifs is 2. The van der Waals surface area contributed by atoms with Crippen LogP contribution in [0.3, 0.4) is 0 Å². The van der Waals surface area contributed by atoms with Crippen LogP contribution in [-0.2, 0) is 14.3 Å². The fourth-order valence-corrected chi connectivity index (χ4v) is 2.21. The normalized spacial score (nSPS) is 35.0. The van der Waals surface area contributed by atoms with Crippen LogP contribution in [0.1, 0.15) is 0 Å². The van der Waals surface area contributed by atoms with Crippen LogP contribution in [0.2, 0.25) is 0 Å². The van der Waals surface area contributed by atoms with Crippen molar-refractivity contribution < 1.29 is 19.4 Å². The predicted molar refractivity (Wildman–Crippen MR) is 55.6 cm³/mol. The smallest absolute Gasteiger partial charge is 0.310 e. The summed E-state index contributed by atoms with van der Waals surface area (Å²) in [7, 11) is 0. The molecule has 2 N–H and O–H groups in total. The van der Waals surface area contributed by atoms with Gasteiger partial charge < -0.3 is 15.2 Å². The van der Waals surface area contributed by atoms with Crippen molar-refractivity contribution in [2.75, 3.05) is 6.54 Å². The Hall–Kier alpha value is -1.62. The third-order valence-electron chi connectivity index (χ3n) is 2.91. The molecule has 5 heteroatoms. The van der Waals surface area contributed by atoms with Gasteiger partial charge in [0, 0.05) is 6.54 Å². The number of rotatable bonds is 4. The molecule has 0 spiro atoms. The molecule has 86 valence electrons. The first-order valence-corrected chi connectivity index (χ1v) is 5.10. The minimum Gasteiger partial charge on any atom is -0.481 e. The van der Waals surface area contributed by atoms with Crippen LogP contribution in [0.5, 0.6) is 0 Å². The number of hydrogen-bond acceptors (Lipinski definition) is 3. The molecule has 1 fully saturated rings. The highest BCUT2D eigenvalue weighted by atomic mass is 16.5. The van der Waals surface area contributed by atoms with Gasteiger partial charge >= 0.3 is 5.97 Å². The number of ether oxygens (including phenoxy) is 1. The summed E-state index contributed by atoms with van der Waals surface area (Å²) in [5, 5.41) is 11.7. The summed E-state index contributed by atoms with van der Waals surface area (Å²) in [4.78, 5) is 22.8. The lowest BCUT2D eigenvalue weighted by molar-refractivity contribution is -0.146. The highest BCUT2D eigenvalue weighted by Crippen LogP contribution is 2.39. The zero-order valence-corrected chi connectivity index (χ0v) is 8.63. The van der Waals surface area contributed by atoms with E-state index in [0.717, 1.165) is 0 Å². The number of hydrogen-bond donors (Lipinski definition) is 2. The van der Waals surface area contributed by atoms with E-state index >= 15 is 0 Å². The fraction of sp³-hybridized carbons (Fsp3) is 0.455. The molecule has 5 nitrogen and oxygen atoms in total. The van der Waals surface area contributed by atoms with E-state index in [4.69, 9.17) is 9.84 Å². The van der Waals surface area contributed by atoms with Gasteiger partial charge in [-0.2, -0.15) is 0 Å². The zero-order valence-electron chi connectivity index (χ0n) is 8.63. The van der Waals surface area contributed by atoms with Gasteiger partial charge in [0.05, 0.1) is 18.1 Å². The minimum atomic E-state index is -0.990. The van der Waals surface area contributed by atoms with Crippen LogP contribution in [-0.4, -0.2) is 35.7 Å². The highest BCUT2D eigenvalue weighted by Gasteiger charge is 2.52. The van der Waals surface area contributed by atoms with Gasteiger partial charge in [-0.3, -0.25) is 9.59 Å². The molecule has 16 heavy (non-hydrogen) atoms. The van der Waals surface area contributed by atoms with E-state index < -0.39 is 30.0 Å². The van der Waals surface area contributed by atoms with Gasteiger partial charge in [-0.15, -0.1) is 6.58 Å². The zero-order chi connectivity index (χ0) is 11.7. The molecule has 1 saturated heterocycles.